The summed E-state index contributed by atoms with van der Waals surface area (Å²) in [5.41, 5.74) is 5.15. The van der Waals surface area contributed by atoms with E-state index in [-0.39, 0.29) is 5.76 Å². The van der Waals surface area contributed by atoms with Gasteiger partial charge in [0, 0.05) is 18.0 Å². The fraction of sp³-hybridized carbons (Fsp3) is 0.333. The van der Waals surface area contributed by atoms with Crippen LogP contribution in [0.25, 0.3) is 0 Å². The van der Waals surface area contributed by atoms with Gasteiger partial charge in [-0.25, -0.2) is 4.99 Å². The molecule has 0 radical (unpaired) electrons. The number of primary amides is 1. The van der Waals surface area contributed by atoms with Gasteiger partial charge in [-0.1, -0.05) is 6.07 Å². The average Bonchev–Trinajstić information content (AvgIpc) is 3.16. The monoisotopic (exact) mass is 320 g/mol. The maximum atomic E-state index is 11.0. The van der Waals surface area contributed by atoms with Gasteiger partial charge in [0.1, 0.15) is 12.3 Å². The van der Waals surface area contributed by atoms with Gasteiger partial charge in [0.15, 0.2) is 11.7 Å². The maximum Gasteiger partial charge on any atom is 0.284 e. The topological polar surface area (TPSA) is 92.6 Å². The predicted molar refractivity (Wildman–Crippen MR) is 88.1 cm³/mol. The largest absolute Gasteiger partial charge is 0.454 e. The highest BCUT2D eigenvalue weighted by molar-refractivity contribution is 7.09. The van der Waals surface area contributed by atoms with E-state index in [1.807, 2.05) is 13.0 Å². The summed E-state index contributed by atoms with van der Waals surface area (Å²) in [5.74, 6) is 0.900. The molecule has 2 rings (SSSR count). The van der Waals surface area contributed by atoms with Crippen LogP contribution in [0.3, 0.4) is 0 Å². The zero-order valence-electron chi connectivity index (χ0n) is 12.5. The SMILES string of the molecule is CCNC(=NCc1ccc(C(N)=O)o1)NCCc1cccs1. The molecule has 4 N–H and O–H groups in total. The van der Waals surface area contributed by atoms with Crippen molar-refractivity contribution in [2.24, 2.45) is 10.7 Å². The number of hydrogen-bond donors (Lipinski definition) is 3. The third-order valence-electron chi connectivity index (χ3n) is 2.89. The number of nitrogens with one attached hydrogen (secondary N) is 2. The first-order valence-corrected chi connectivity index (χ1v) is 8.00. The number of nitrogens with two attached hydrogens (primary N) is 1. The first-order chi connectivity index (χ1) is 10.7. The van der Waals surface area contributed by atoms with E-state index in [0.717, 1.165) is 25.5 Å². The molecule has 0 aliphatic carbocycles. The number of carbonyl (C=O) groups is 1. The number of nitrogens with zero attached hydrogens (tertiary/aromatic N) is 1. The molecule has 0 spiro atoms. The van der Waals surface area contributed by atoms with Crippen LogP contribution in [0.5, 0.6) is 0 Å². The van der Waals surface area contributed by atoms with Crippen molar-refractivity contribution in [2.45, 2.75) is 19.9 Å². The standard InChI is InChI=1S/C15H20N4O2S/c1-2-17-15(18-8-7-12-4-3-9-22-12)19-10-11-5-6-13(21-11)14(16)20/h3-6,9H,2,7-8,10H2,1H3,(H2,16,20)(H2,17,18,19). The number of carbonyl (C=O) groups excluding carboxylic acids is 1. The number of hydrogen-bond acceptors (Lipinski definition) is 4. The Morgan fingerprint density at radius 3 is 2.86 bits per heavy atom. The quantitative estimate of drug-likeness (QED) is 0.535. The van der Waals surface area contributed by atoms with E-state index >= 15 is 0 Å². The summed E-state index contributed by atoms with van der Waals surface area (Å²) in [7, 11) is 0. The molecule has 7 heteroatoms. The van der Waals surface area contributed by atoms with Gasteiger partial charge in [-0.3, -0.25) is 4.79 Å². The molecule has 118 valence electrons. The van der Waals surface area contributed by atoms with Gasteiger partial charge in [0.2, 0.25) is 0 Å². The van der Waals surface area contributed by atoms with E-state index in [1.54, 1.807) is 23.5 Å². The van der Waals surface area contributed by atoms with Crippen molar-refractivity contribution in [3.63, 3.8) is 0 Å². The second-order valence-corrected chi connectivity index (χ2v) is 5.61. The lowest BCUT2D eigenvalue weighted by atomic mass is 10.3. The molecule has 0 saturated carbocycles. The first kappa shape index (κ1) is 16.1. The Bertz CT molecular complexity index is 619. The molecule has 0 bridgehead atoms. The van der Waals surface area contributed by atoms with Gasteiger partial charge in [0.25, 0.3) is 5.91 Å². The molecule has 0 aliphatic rings. The van der Waals surface area contributed by atoms with Crippen LogP contribution in [-0.2, 0) is 13.0 Å². The lowest BCUT2D eigenvalue weighted by molar-refractivity contribution is 0.0972. The van der Waals surface area contributed by atoms with Gasteiger partial charge in [-0.15, -0.1) is 11.3 Å². The van der Waals surface area contributed by atoms with Crippen LogP contribution in [-0.4, -0.2) is 25.0 Å². The van der Waals surface area contributed by atoms with E-state index in [2.05, 4.69) is 27.1 Å². The molecule has 0 aromatic carbocycles. The Hall–Kier alpha value is -2.28. The lowest BCUT2D eigenvalue weighted by Crippen LogP contribution is -2.38. The third-order valence-corrected chi connectivity index (χ3v) is 3.82. The van der Waals surface area contributed by atoms with E-state index in [0.29, 0.717) is 12.3 Å². The van der Waals surface area contributed by atoms with Gasteiger partial charge in [0.05, 0.1) is 0 Å². The van der Waals surface area contributed by atoms with Crippen molar-refractivity contribution in [3.05, 3.63) is 46.0 Å². The van der Waals surface area contributed by atoms with Crippen LogP contribution in [0.1, 0.15) is 28.1 Å². The highest BCUT2D eigenvalue weighted by Crippen LogP contribution is 2.09. The molecule has 2 aromatic heterocycles. The summed E-state index contributed by atoms with van der Waals surface area (Å²) in [6, 6.07) is 7.43. The molecule has 1 amide bonds. The minimum atomic E-state index is -0.573. The summed E-state index contributed by atoms with van der Waals surface area (Å²) in [6.07, 6.45) is 0.953. The molecule has 22 heavy (non-hydrogen) atoms. The fourth-order valence-corrected chi connectivity index (χ4v) is 2.56. The van der Waals surface area contributed by atoms with Crippen LogP contribution < -0.4 is 16.4 Å². The van der Waals surface area contributed by atoms with Crippen molar-refractivity contribution < 1.29 is 9.21 Å². The minimum absolute atomic E-state index is 0.154. The fourth-order valence-electron chi connectivity index (χ4n) is 1.85. The normalized spacial score (nSPS) is 11.4. The first-order valence-electron chi connectivity index (χ1n) is 7.12. The summed E-state index contributed by atoms with van der Waals surface area (Å²) in [5, 5.41) is 8.51. The summed E-state index contributed by atoms with van der Waals surface area (Å²) in [4.78, 5) is 16.7. The molecular weight excluding hydrogens is 300 g/mol. The highest BCUT2D eigenvalue weighted by atomic mass is 32.1. The number of guanidine groups is 1. The molecule has 6 nitrogen and oxygen atoms in total. The van der Waals surface area contributed by atoms with Crippen LogP contribution in [0.15, 0.2) is 39.1 Å². The van der Waals surface area contributed by atoms with Crippen molar-refractivity contribution in [3.8, 4) is 0 Å². The second-order valence-electron chi connectivity index (χ2n) is 4.58. The Morgan fingerprint density at radius 2 is 2.23 bits per heavy atom. The maximum absolute atomic E-state index is 11.0. The zero-order chi connectivity index (χ0) is 15.8. The molecule has 2 aromatic rings. The van der Waals surface area contributed by atoms with Crippen LogP contribution in [0.2, 0.25) is 0 Å². The van der Waals surface area contributed by atoms with E-state index in [1.165, 1.54) is 4.88 Å². The number of furan rings is 1. The molecule has 0 aliphatic heterocycles. The molecule has 0 fully saturated rings. The lowest BCUT2D eigenvalue weighted by Gasteiger charge is -2.10. The Balaban J connectivity index is 1.86. The van der Waals surface area contributed by atoms with Crippen molar-refractivity contribution in [1.82, 2.24) is 10.6 Å². The molecule has 0 unspecified atom stereocenters. The highest BCUT2D eigenvalue weighted by Gasteiger charge is 2.06. The number of aliphatic imine (C=N–C) groups is 1. The van der Waals surface area contributed by atoms with Gasteiger partial charge < -0.3 is 20.8 Å². The smallest absolute Gasteiger partial charge is 0.284 e. The van der Waals surface area contributed by atoms with E-state index in [4.69, 9.17) is 10.2 Å². The van der Waals surface area contributed by atoms with Crippen molar-refractivity contribution in [2.75, 3.05) is 13.1 Å². The average molecular weight is 320 g/mol. The van der Waals surface area contributed by atoms with Gasteiger partial charge >= 0.3 is 0 Å². The van der Waals surface area contributed by atoms with Gasteiger partial charge in [-0.05, 0) is 36.9 Å². The Morgan fingerprint density at radius 1 is 1.36 bits per heavy atom. The third kappa shape index (κ3) is 4.92. The molecule has 0 atom stereocenters. The number of rotatable bonds is 7. The summed E-state index contributed by atoms with van der Waals surface area (Å²) in [6.45, 7) is 3.93. The zero-order valence-corrected chi connectivity index (χ0v) is 13.3. The van der Waals surface area contributed by atoms with Crippen LogP contribution in [0.4, 0.5) is 0 Å². The second kappa shape index (κ2) is 8.23. The van der Waals surface area contributed by atoms with Crippen LogP contribution in [0, 0.1) is 0 Å². The molecule has 2 heterocycles. The number of amides is 1. The summed E-state index contributed by atoms with van der Waals surface area (Å²) < 4.78 is 5.30. The van der Waals surface area contributed by atoms with Crippen molar-refractivity contribution >= 4 is 23.2 Å². The van der Waals surface area contributed by atoms with Gasteiger partial charge in [-0.2, -0.15) is 0 Å². The van der Waals surface area contributed by atoms with Crippen LogP contribution >= 0.6 is 11.3 Å². The predicted octanol–water partition coefficient (Wildman–Crippen LogP) is 1.74. The summed E-state index contributed by atoms with van der Waals surface area (Å²) >= 11 is 1.74. The van der Waals surface area contributed by atoms with E-state index < -0.39 is 5.91 Å². The molecular formula is C15H20N4O2S. The Kier molecular flexibility index (Phi) is 6.02. The molecule has 0 saturated heterocycles. The van der Waals surface area contributed by atoms with E-state index in [9.17, 15) is 4.79 Å². The number of thiophene rings is 1. The minimum Gasteiger partial charge on any atom is -0.454 e. The van der Waals surface area contributed by atoms with Crippen molar-refractivity contribution in [1.29, 1.82) is 0 Å². The Labute approximate surface area is 133 Å².